The number of nitrogens with one attached hydrogen (secondary N) is 2. The second-order valence-electron chi connectivity index (χ2n) is 5.09. The van der Waals surface area contributed by atoms with Crippen LogP contribution >= 0.6 is 12.4 Å². The van der Waals surface area contributed by atoms with E-state index in [4.69, 9.17) is 0 Å². The predicted octanol–water partition coefficient (Wildman–Crippen LogP) is 1.47. The highest BCUT2D eigenvalue weighted by atomic mass is 35.5. The van der Waals surface area contributed by atoms with Crippen LogP contribution in [0.25, 0.3) is 0 Å². The van der Waals surface area contributed by atoms with Crippen molar-refractivity contribution in [1.82, 2.24) is 10.6 Å². The van der Waals surface area contributed by atoms with Crippen molar-refractivity contribution in [3.63, 3.8) is 0 Å². The Bertz CT molecular complexity index is 450. The number of rotatable bonds is 6. The van der Waals surface area contributed by atoms with Gasteiger partial charge in [-0.2, -0.15) is 0 Å². The van der Waals surface area contributed by atoms with E-state index in [1.165, 1.54) is 0 Å². The fraction of sp³-hybridized carbons (Fsp3) is 0.533. The number of piperidine rings is 1. The van der Waals surface area contributed by atoms with E-state index in [1.807, 2.05) is 30.3 Å². The first kappa shape index (κ1) is 18.1. The molecule has 1 atom stereocenters. The Hall–Kier alpha value is -0.910. The molecule has 1 aliphatic heterocycles. The lowest BCUT2D eigenvalue weighted by molar-refractivity contribution is -0.125. The Morgan fingerprint density at radius 3 is 2.57 bits per heavy atom. The third kappa shape index (κ3) is 6.59. The van der Waals surface area contributed by atoms with Crippen molar-refractivity contribution in [2.45, 2.75) is 18.6 Å². The van der Waals surface area contributed by atoms with Gasteiger partial charge in [-0.3, -0.25) is 9.00 Å². The zero-order valence-corrected chi connectivity index (χ0v) is 13.7. The van der Waals surface area contributed by atoms with Crippen LogP contribution in [0.4, 0.5) is 0 Å². The molecule has 0 aromatic heterocycles. The molecule has 118 valence electrons. The van der Waals surface area contributed by atoms with Gasteiger partial charge in [-0.25, -0.2) is 0 Å². The molecule has 0 spiro atoms. The minimum atomic E-state index is -0.919. The van der Waals surface area contributed by atoms with Crippen LogP contribution in [0.1, 0.15) is 18.4 Å². The largest absolute Gasteiger partial charge is 0.355 e. The van der Waals surface area contributed by atoms with Crippen molar-refractivity contribution in [3.05, 3.63) is 35.9 Å². The van der Waals surface area contributed by atoms with Gasteiger partial charge in [-0.05, 0) is 31.5 Å². The first-order chi connectivity index (χ1) is 9.75. The molecule has 1 aromatic carbocycles. The van der Waals surface area contributed by atoms with Crippen LogP contribution in [-0.2, 0) is 21.3 Å². The first-order valence-electron chi connectivity index (χ1n) is 7.13. The molecular formula is C15H23ClN2O2S. The maximum atomic E-state index is 11.9. The van der Waals surface area contributed by atoms with E-state index >= 15 is 0 Å². The Balaban J connectivity index is 0.00000220. The molecule has 1 heterocycles. The number of hydrogen-bond donors (Lipinski definition) is 2. The minimum Gasteiger partial charge on any atom is -0.355 e. The highest BCUT2D eigenvalue weighted by Gasteiger charge is 2.20. The number of carbonyl (C=O) groups excluding carboxylic acids is 1. The molecule has 1 saturated heterocycles. The summed E-state index contributed by atoms with van der Waals surface area (Å²) in [6.07, 6.45) is 1.80. The van der Waals surface area contributed by atoms with Gasteiger partial charge < -0.3 is 10.6 Å². The molecule has 1 aliphatic rings. The summed E-state index contributed by atoms with van der Waals surface area (Å²) < 4.78 is 11.9. The van der Waals surface area contributed by atoms with Gasteiger partial charge in [0.15, 0.2) is 0 Å². The standard InChI is InChI=1S/C15H22N2O2S.ClH/c18-15(14-6-8-16-9-7-14)17-10-11-20(19)12-13-4-2-1-3-5-13;/h1-5,14,16H,6-12H2,(H,17,18);1H. The quantitative estimate of drug-likeness (QED) is 0.830. The van der Waals surface area contributed by atoms with E-state index in [-0.39, 0.29) is 24.2 Å². The summed E-state index contributed by atoms with van der Waals surface area (Å²) in [6.45, 7) is 2.33. The van der Waals surface area contributed by atoms with Crippen molar-refractivity contribution in [2.75, 3.05) is 25.4 Å². The third-order valence-corrected chi connectivity index (χ3v) is 4.82. The van der Waals surface area contributed by atoms with E-state index in [0.717, 1.165) is 31.5 Å². The van der Waals surface area contributed by atoms with E-state index in [2.05, 4.69) is 10.6 Å². The SMILES string of the molecule is Cl.O=C(NCCS(=O)Cc1ccccc1)C1CCNCC1. The zero-order chi connectivity index (χ0) is 14.2. The Kier molecular flexibility index (Phi) is 8.57. The summed E-state index contributed by atoms with van der Waals surface area (Å²) in [4.78, 5) is 11.9. The van der Waals surface area contributed by atoms with E-state index < -0.39 is 10.8 Å². The maximum Gasteiger partial charge on any atom is 0.223 e. The molecule has 4 nitrogen and oxygen atoms in total. The highest BCUT2D eigenvalue weighted by molar-refractivity contribution is 7.84. The van der Waals surface area contributed by atoms with Gasteiger partial charge in [-0.15, -0.1) is 12.4 Å². The molecule has 2 rings (SSSR count). The molecule has 0 aliphatic carbocycles. The van der Waals surface area contributed by atoms with Crippen LogP contribution in [0.2, 0.25) is 0 Å². The van der Waals surface area contributed by atoms with Crippen LogP contribution in [0, 0.1) is 5.92 Å². The predicted molar refractivity (Wildman–Crippen MR) is 89.0 cm³/mol. The summed E-state index contributed by atoms with van der Waals surface area (Å²) in [5.74, 6) is 1.32. The fourth-order valence-electron chi connectivity index (χ4n) is 2.35. The van der Waals surface area contributed by atoms with Gasteiger partial charge in [0, 0.05) is 34.8 Å². The highest BCUT2D eigenvalue weighted by Crippen LogP contribution is 2.11. The Labute approximate surface area is 134 Å². The van der Waals surface area contributed by atoms with Gasteiger partial charge in [0.05, 0.1) is 0 Å². The molecule has 0 bridgehead atoms. The second kappa shape index (κ2) is 9.92. The van der Waals surface area contributed by atoms with Crippen molar-refractivity contribution in [3.8, 4) is 0 Å². The molecule has 1 amide bonds. The third-order valence-electron chi connectivity index (χ3n) is 3.51. The molecule has 21 heavy (non-hydrogen) atoms. The van der Waals surface area contributed by atoms with Crippen LogP contribution in [-0.4, -0.2) is 35.5 Å². The average Bonchev–Trinajstić information content (AvgIpc) is 2.49. The lowest BCUT2D eigenvalue weighted by Crippen LogP contribution is -2.39. The molecule has 6 heteroatoms. The van der Waals surface area contributed by atoms with Crippen LogP contribution in [0.15, 0.2) is 30.3 Å². The minimum absolute atomic E-state index is 0. The smallest absolute Gasteiger partial charge is 0.223 e. The summed E-state index contributed by atoms with van der Waals surface area (Å²) in [6, 6.07) is 9.81. The number of amides is 1. The van der Waals surface area contributed by atoms with Crippen LogP contribution < -0.4 is 10.6 Å². The number of carbonyl (C=O) groups is 1. The lowest BCUT2D eigenvalue weighted by Gasteiger charge is -2.21. The van der Waals surface area contributed by atoms with Crippen molar-refractivity contribution in [2.24, 2.45) is 5.92 Å². The zero-order valence-electron chi connectivity index (χ0n) is 12.0. The molecule has 0 saturated carbocycles. The number of halogens is 1. The molecule has 0 radical (unpaired) electrons. The van der Waals surface area contributed by atoms with Gasteiger partial charge in [0.25, 0.3) is 0 Å². The van der Waals surface area contributed by atoms with E-state index in [1.54, 1.807) is 0 Å². The van der Waals surface area contributed by atoms with Crippen molar-refractivity contribution in [1.29, 1.82) is 0 Å². The molecule has 1 aromatic rings. The van der Waals surface area contributed by atoms with E-state index in [0.29, 0.717) is 18.1 Å². The Morgan fingerprint density at radius 2 is 1.90 bits per heavy atom. The summed E-state index contributed by atoms with van der Waals surface area (Å²) in [5.41, 5.74) is 1.08. The van der Waals surface area contributed by atoms with Crippen molar-refractivity contribution < 1.29 is 9.00 Å². The summed E-state index contributed by atoms with van der Waals surface area (Å²) in [7, 11) is -0.919. The number of hydrogen-bond acceptors (Lipinski definition) is 3. The summed E-state index contributed by atoms with van der Waals surface area (Å²) >= 11 is 0. The number of benzene rings is 1. The first-order valence-corrected chi connectivity index (χ1v) is 8.62. The van der Waals surface area contributed by atoms with Gasteiger partial charge >= 0.3 is 0 Å². The monoisotopic (exact) mass is 330 g/mol. The van der Waals surface area contributed by atoms with E-state index in [9.17, 15) is 9.00 Å². The Morgan fingerprint density at radius 1 is 1.24 bits per heavy atom. The maximum absolute atomic E-state index is 11.9. The van der Waals surface area contributed by atoms with Gasteiger partial charge in [0.1, 0.15) is 0 Å². The summed E-state index contributed by atoms with van der Waals surface area (Å²) in [5, 5.41) is 6.15. The van der Waals surface area contributed by atoms with Gasteiger partial charge in [0.2, 0.25) is 5.91 Å². The van der Waals surface area contributed by atoms with Crippen LogP contribution in [0.5, 0.6) is 0 Å². The second-order valence-corrected chi connectivity index (χ2v) is 6.67. The van der Waals surface area contributed by atoms with Crippen LogP contribution in [0.3, 0.4) is 0 Å². The lowest BCUT2D eigenvalue weighted by atomic mass is 9.97. The topological polar surface area (TPSA) is 58.2 Å². The van der Waals surface area contributed by atoms with Crippen molar-refractivity contribution >= 4 is 29.1 Å². The molecule has 1 fully saturated rings. The molecular weight excluding hydrogens is 308 g/mol. The average molecular weight is 331 g/mol. The normalized spacial score (nSPS) is 16.8. The van der Waals surface area contributed by atoms with Gasteiger partial charge in [-0.1, -0.05) is 30.3 Å². The molecule has 2 N–H and O–H groups in total. The molecule has 1 unspecified atom stereocenters. The fourth-order valence-corrected chi connectivity index (χ4v) is 3.39.